The van der Waals surface area contributed by atoms with E-state index >= 15 is 0 Å². The van der Waals surface area contributed by atoms with Crippen LogP contribution in [0.15, 0.2) is 24.4 Å². The fourth-order valence-electron chi connectivity index (χ4n) is 3.90. The molecule has 2 aromatic heterocycles. The first-order valence-electron chi connectivity index (χ1n) is 9.28. The molecule has 25 heavy (non-hydrogen) atoms. The van der Waals surface area contributed by atoms with Crippen molar-refractivity contribution < 1.29 is 9.53 Å². The van der Waals surface area contributed by atoms with Crippen LogP contribution in [0.1, 0.15) is 41.9 Å². The molecule has 6 nitrogen and oxygen atoms in total. The number of imidazole rings is 1. The van der Waals surface area contributed by atoms with E-state index in [1.165, 1.54) is 0 Å². The maximum absolute atomic E-state index is 13.0. The largest absolute Gasteiger partial charge is 0.377 e. The van der Waals surface area contributed by atoms with Crippen molar-refractivity contribution in [2.24, 2.45) is 0 Å². The molecule has 4 heterocycles. The first kappa shape index (κ1) is 16.5. The number of hydrogen-bond donors (Lipinski definition) is 0. The Morgan fingerprint density at radius 2 is 2.16 bits per heavy atom. The highest BCUT2D eigenvalue weighted by Crippen LogP contribution is 2.20. The molecule has 0 aliphatic carbocycles. The summed E-state index contributed by atoms with van der Waals surface area (Å²) in [6.45, 7) is 4.14. The lowest BCUT2D eigenvalue weighted by Crippen LogP contribution is -2.32. The lowest BCUT2D eigenvalue weighted by molar-refractivity contribution is 0.0766. The van der Waals surface area contributed by atoms with Gasteiger partial charge in [-0.3, -0.25) is 9.69 Å². The third-order valence-corrected chi connectivity index (χ3v) is 5.18. The van der Waals surface area contributed by atoms with Crippen molar-refractivity contribution in [1.82, 2.24) is 19.2 Å². The number of hydrogen-bond acceptors (Lipinski definition) is 4. The predicted molar refractivity (Wildman–Crippen MR) is 95.6 cm³/mol. The van der Waals surface area contributed by atoms with Gasteiger partial charge in [0.15, 0.2) is 5.69 Å². The molecule has 0 bridgehead atoms. The number of likely N-dealkylation sites (N-methyl/N-ethyl adjacent to an activating group) is 1. The highest BCUT2D eigenvalue weighted by molar-refractivity contribution is 5.94. The minimum Gasteiger partial charge on any atom is -0.377 e. The quantitative estimate of drug-likeness (QED) is 0.836. The van der Waals surface area contributed by atoms with Crippen LogP contribution in [0, 0.1) is 0 Å². The molecule has 134 valence electrons. The van der Waals surface area contributed by atoms with Crippen LogP contribution in [0.25, 0.3) is 5.65 Å². The molecule has 2 fully saturated rings. The molecule has 0 saturated carbocycles. The van der Waals surface area contributed by atoms with Crippen molar-refractivity contribution in [3.63, 3.8) is 0 Å². The monoisotopic (exact) mass is 342 g/mol. The van der Waals surface area contributed by atoms with Crippen LogP contribution in [-0.2, 0) is 11.3 Å². The van der Waals surface area contributed by atoms with Crippen LogP contribution in [0.2, 0.25) is 0 Å². The summed E-state index contributed by atoms with van der Waals surface area (Å²) in [6.07, 6.45) is 6.75. The fraction of sp³-hybridized carbons (Fsp3) is 0.579. The lowest BCUT2D eigenvalue weighted by Gasteiger charge is -2.21. The van der Waals surface area contributed by atoms with Gasteiger partial charge in [-0.25, -0.2) is 4.98 Å². The van der Waals surface area contributed by atoms with Crippen LogP contribution >= 0.6 is 0 Å². The van der Waals surface area contributed by atoms with E-state index in [-0.39, 0.29) is 5.91 Å². The van der Waals surface area contributed by atoms with Crippen molar-refractivity contribution >= 4 is 11.6 Å². The highest BCUT2D eigenvalue weighted by Gasteiger charge is 2.27. The average molecular weight is 342 g/mol. The van der Waals surface area contributed by atoms with Crippen LogP contribution in [0.5, 0.6) is 0 Å². The number of likely N-dealkylation sites (tertiary alicyclic amines) is 1. The standard InChI is InChI=1S/C19H26N4O2/c1-21(13-15-7-6-12-25-15)14-16-18(19(24)22-9-4-5-10-22)20-17-8-2-3-11-23(16)17/h2-3,8,11,15H,4-7,9-10,12-14H2,1H3/t15-/m1/s1. The SMILES string of the molecule is CN(Cc1c(C(=O)N2CCCC2)nc2ccccn12)C[C@H]1CCCO1. The summed E-state index contributed by atoms with van der Waals surface area (Å²) in [4.78, 5) is 21.8. The molecule has 0 unspecified atom stereocenters. The van der Waals surface area contributed by atoms with E-state index < -0.39 is 0 Å². The van der Waals surface area contributed by atoms with Gasteiger partial charge in [0.2, 0.25) is 0 Å². The Kier molecular flexibility index (Phi) is 4.72. The van der Waals surface area contributed by atoms with Crippen molar-refractivity contribution in [2.45, 2.75) is 38.3 Å². The van der Waals surface area contributed by atoms with E-state index in [0.29, 0.717) is 18.3 Å². The Bertz CT molecular complexity index is 745. The van der Waals surface area contributed by atoms with Gasteiger partial charge in [-0.2, -0.15) is 0 Å². The lowest BCUT2D eigenvalue weighted by atomic mass is 10.2. The van der Waals surface area contributed by atoms with E-state index in [0.717, 1.165) is 63.3 Å². The summed E-state index contributed by atoms with van der Waals surface area (Å²) in [5, 5.41) is 0. The summed E-state index contributed by atoms with van der Waals surface area (Å²) in [5.41, 5.74) is 2.42. The Hall–Kier alpha value is -1.92. The van der Waals surface area contributed by atoms with Crippen molar-refractivity contribution in [3.05, 3.63) is 35.8 Å². The Labute approximate surface area is 148 Å². The summed E-state index contributed by atoms with van der Waals surface area (Å²) in [6, 6.07) is 5.92. The van der Waals surface area contributed by atoms with Gasteiger partial charge in [0.1, 0.15) is 5.65 Å². The zero-order valence-corrected chi connectivity index (χ0v) is 14.9. The summed E-state index contributed by atoms with van der Waals surface area (Å²) >= 11 is 0. The van der Waals surface area contributed by atoms with Gasteiger partial charge in [-0.05, 0) is 44.9 Å². The minimum atomic E-state index is 0.0710. The number of ether oxygens (including phenoxy) is 1. The van der Waals surface area contributed by atoms with Crippen LogP contribution in [0.4, 0.5) is 0 Å². The predicted octanol–water partition coefficient (Wildman–Crippen LogP) is 2.18. The zero-order valence-electron chi connectivity index (χ0n) is 14.9. The van der Waals surface area contributed by atoms with Gasteiger partial charge in [-0.1, -0.05) is 6.07 Å². The second kappa shape index (κ2) is 7.14. The molecule has 6 heteroatoms. The number of pyridine rings is 1. The number of nitrogens with zero attached hydrogens (tertiary/aromatic N) is 4. The van der Waals surface area contributed by atoms with Crippen molar-refractivity contribution in [2.75, 3.05) is 33.3 Å². The molecule has 0 radical (unpaired) electrons. The second-order valence-corrected chi connectivity index (χ2v) is 7.17. The molecule has 2 saturated heterocycles. The topological polar surface area (TPSA) is 50.1 Å². The third kappa shape index (κ3) is 3.41. The van der Waals surface area contributed by atoms with E-state index in [4.69, 9.17) is 4.74 Å². The normalized spacial score (nSPS) is 20.9. The minimum absolute atomic E-state index is 0.0710. The fourth-order valence-corrected chi connectivity index (χ4v) is 3.90. The van der Waals surface area contributed by atoms with Gasteiger partial charge in [0.25, 0.3) is 5.91 Å². The maximum atomic E-state index is 13.0. The van der Waals surface area contributed by atoms with E-state index in [9.17, 15) is 4.79 Å². The number of aromatic nitrogens is 2. The van der Waals surface area contributed by atoms with Crippen molar-refractivity contribution in [3.8, 4) is 0 Å². The first-order chi connectivity index (χ1) is 12.2. The molecule has 4 rings (SSSR count). The van der Waals surface area contributed by atoms with E-state index in [1.807, 2.05) is 29.3 Å². The molecule has 2 aliphatic heterocycles. The number of carbonyl (C=O) groups is 1. The first-order valence-corrected chi connectivity index (χ1v) is 9.28. The number of rotatable bonds is 5. The summed E-state index contributed by atoms with van der Waals surface area (Å²) in [7, 11) is 2.09. The number of carbonyl (C=O) groups excluding carboxylic acids is 1. The van der Waals surface area contributed by atoms with Crippen LogP contribution in [0.3, 0.4) is 0 Å². The van der Waals surface area contributed by atoms with Crippen LogP contribution < -0.4 is 0 Å². The molecule has 2 aromatic rings. The average Bonchev–Trinajstić information content (AvgIpc) is 3.35. The summed E-state index contributed by atoms with van der Waals surface area (Å²) in [5.74, 6) is 0.0710. The van der Waals surface area contributed by atoms with Gasteiger partial charge in [0, 0.05) is 39.0 Å². The van der Waals surface area contributed by atoms with Crippen molar-refractivity contribution in [1.29, 1.82) is 0 Å². The van der Waals surface area contributed by atoms with Gasteiger partial charge in [0.05, 0.1) is 11.8 Å². The third-order valence-electron chi connectivity index (χ3n) is 5.18. The highest BCUT2D eigenvalue weighted by atomic mass is 16.5. The number of amides is 1. The molecule has 1 amide bonds. The molecule has 2 aliphatic rings. The van der Waals surface area contributed by atoms with Crippen LogP contribution in [-0.4, -0.2) is 64.5 Å². The van der Waals surface area contributed by atoms with E-state index in [2.05, 4.69) is 21.3 Å². The number of fused-ring (bicyclic) bond motifs is 1. The molecule has 0 aromatic carbocycles. The molecular formula is C19H26N4O2. The second-order valence-electron chi connectivity index (χ2n) is 7.17. The molecule has 1 atom stereocenters. The Balaban J connectivity index is 1.60. The maximum Gasteiger partial charge on any atom is 0.274 e. The molecule has 0 N–H and O–H groups in total. The Morgan fingerprint density at radius 3 is 2.92 bits per heavy atom. The Morgan fingerprint density at radius 1 is 1.32 bits per heavy atom. The van der Waals surface area contributed by atoms with Gasteiger partial charge in [-0.15, -0.1) is 0 Å². The zero-order chi connectivity index (χ0) is 17.2. The van der Waals surface area contributed by atoms with E-state index in [1.54, 1.807) is 0 Å². The summed E-state index contributed by atoms with van der Waals surface area (Å²) < 4.78 is 7.80. The van der Waals surface area contributed by atoms with Gasteiger partial charge < -0.3 is 14.0 Å². The smallest absolute Gasteiger partial charge is 0.274 e. The van der Waals surface area contributed by atoms with Gasteiger partial charge >= 0.3 is 0 Å². The molecule has 0 spiro atoms. The molecular weight excluding hydrogens is 316 g/mol.